The molecule has 0 saturated carbocycles. The molecule has 4 aromatic rings. The third kappa shape index (κ3) is 10.4. The maximum Gasteiger partial charge on any atom is 0.402 e. The van der Waals surface area contributed by atoms with Gasteiger partial charge in [0, 0.05) is 24.3 Å². The zero-order valence-electron chi connectivity index (χ0n) is 35.0. The van der Waals surface area contributed by atoms with Crippen molar-refractivity contribution in [2.45, 2.75) is 92.1 Å². The van der Waals surface area contributed by atoms with Crippen LogP contribution in [0.15, 0.2) is 65.1 Å². The summed E-state index contributed by atoms with van der Waals surface area (Å²) >= 11 is 0. The van der Waals surface area contributed by atoms with Crippen molar-refractivity contribution in [3.63, 3.8) is 0 Å². The lowest BCUT2D eigenvalue weighted by Gasteiger charge is -2.39. The highest BCUT2D eigenvalue weighted by atomic mass is 16.7. The minimum Gasteiger partial charge on any atom is -0.507 e. The van der Waals surface area contributed by atoms with Gasteiger partial charge in [0.2, 0.25) is 24.6 Å². The molecule has 24 nitrogen and oxygen atoms in total. The molecule has 364 valence electrons. The second kappa shape index (κ2) is 20.7. The number of methoxy groups -OCH3 is 1. The van der Waals surface area contributed by atoms with Crippen LogP contribution in [-0.4, -0.2) is 197 Å². The molecule has 3 saturated heterocycles. The molecule has 4 heterocycles. The van der Waals surface area contributed by atoms with Gasteiger partial charge in [0.1, 0.15) is 96.7 Å². The van der Waals surface area contributed by atoms with Crippen LogP contribution in [0.2, 0.25) is 0 Å². The van der Waals surface area contributed by atoms with E-state index in [4.69, 9.17) is 42.3 Å². The van der Waals surface area contributed by atoms with Crippen LogP contribution >= 0.6 is 0 Å². The predicted octanol–water partition coefficient (Wildman–Crippen LogP) is -2.69. The van der Waals surface area contributed by atoms with Gasteiger partial charge in [-0.1, -0.05) is 6.07 Å². The summed E-state index contributed by atoms with van der Waals surface area (Å²) < 4.78 is 50.7. The monoisotopic (exact) mass is 949 g/mol. The Morgan fingerprint density at radius 3 is 1.70 bits per heavy atom. The number of benzene rings is 3. The zero-order valence-corrected chi connectivity index (χ0v) is 35.0. The van der Waals surface area contributed by atoms with Gasteiger partial charge < -0.3 is 109 Å². The van der Waals surface area contributed by atoms with E-state index in [-0.39, 0.29) is 56.6 Å². The molecule has 1 aromatic heterocycles. The number of phenols is 3. The molecule has 7 rings (SSSR count). The summed E-state index contributed by atoms with van der Waals surface area (Å²) in [6, 6.07) is 11.3. The van der Waals surface area contributed by atoms with Gasteiger partial charge in [-0.15, -0.1) is 0 Å². The largest absolute Gasteiger partial charge is 0.507 e. The second-order valence-electron chi connectivity index (χ2n) is 15.6. The number of hydrogen-bond acceptors (Lipinski definition) is 23. The fraction of sp³-hybridized carbons (Fsp3) is 0.442. The molecule has 15 atom stereocenters. The third-order valence-electron chi connectivity index (χ3n) is 11.1. The van der Waals surface area contributed by atoms with Crippen LogP contribution in [0.4, 0.5) is 0 Å². The summed E-state index contributed by atoms with van der Waals surface area (Å²) in [5, 5.41) is 145. The van der Waals surface area contributed by atoms with E-state index < -0.39 is 129 Å². The van der Waals surface area contributed by atoms with Crippen LogP contribution < -0.4 is 18.9 Å². The van der Waals surface area contributed by atoms with Gasteiger partial charge >= 0.3 is 17.3 Å². The third-order valence-corrected chi connectivity index (χ3v) is 11.1. The van der Waals surface area contributed by atoms with E-state index in [9.17, 15) is 76.3 Å². The van der Waals surface area contributed by atoms with Crippen molar-refractivity contribution in [1.29, 1.82) is 0 Å². The molecular weight excluding hydrogens is 900 g/mol. The number of esters is 1. The molecule has 3 aliphatic rings. The van der Waals surface area contributed by atoms with E-state index in [1.165, 1.54) is 61.7 Å². The van der Waals surface area contributed by atoms with Crippen molar-refractivity contribution in [2.75, 3.05) is 26.9 Å². The summed E-state index contributed by atoms with van der Waals surface area (Å²) in [5.41, 5.74) is 0.308. The van der Waals surface area contributed by atoms with Crippen molar-refractivity contribution >= 4 is 23.0 Å². The summed E-state index contributed by atoms with van der Waals surface area (Å²) in [6.45, 7) is -2.22. The van der Waals surface area contributed by atoms with Crippen molar-refractivity contribution in [3.8, 4) is 51.6 Å². The summed E-state index contributed by atoms with van der Waals surface area (Å²) in [6.07, 6.45) is -23.6. The Kier molecular flexibility index (Phi) is 15.2. The van der Waals surface area contributed by atoms with E-state index in [1.54, 1.807) is 0 Å². The number of carbonyl (C=O) groups is 1. The Labute approximate surface area is 378 Å². The normalized spacial score (nSPS) is 32.2. The van der Waals surface area contributed by atoms with E-state index >= 15 is 0 Å². The van der Waals surface area contributed by atoms with Crippen LogP contribution in [0.3, 0.4) is 0 Å². The number of rotatable bonds is 14. The van der Waals surface area contributed by atoms with E-state index in [2.05, 4.69) is 0 Å². The van der Waals surface area contributed by atoms with Crippen molar-refractivity contribution in [1.82, 2.24) is 0 Å². The lowest BCUT2D eigenvalue weighted by molar-refractivity contribution is -0.278. The van der Waals surface area contributed by atoms with Gasteiger partial charge in [-0.25, -0.2) is 9.21 Å². The Hall–Kier alpha value is -5.68. The lowest BCUT2D eigenvalue weighted by atomic mass is 9.99. The first-order valence-corrected chi connectivity index (χ1v) is 20.4. The minimum atomic E-state index is -1.97. The highest BCUT2D eigenvalue weighted by molar-refractivity contribution is 5.89. The Bertz CT molecular complexity index is 2390. The lowest BCUT2D eigenvalue weighted by Crippen LogP contribution is -2.60. The smallest absolute Gasteiger partial charge is 0.402 e. The Morgan fingerprint density at radius 1 is 0.597 bits per heavy atom. The number of aliphatic hydroxyl groups excluding tert-OH is 11. The molecule has 3 aromatic carbocycles. The fourth-order valence-corrected chi connectivity index (χ4v) is 7.34. The van der Waals surface area contributed by atoms with Gasteiger partial charge in [-0.05, 0) is 35.9 Å². The predicted molar refractivity (Wildman–Crippen MR) is 220 cm³/mol. The fourth-order valence-electron chi connectivity index (χ4n) is 7.34. The topological polar surface area (TPSA) is 385 Å². The molecule has 3 aliphatic heterocycles. The first-order chi connectivity index (χ1) is 31.9. The highest BCUT2D eigenvalue weighted by Gasteiger charge is 2.48. The van der Waals surface area contributed by atoms with E-state index in [0.29, 0.717) is 0 Å². The SMILES string of the molecule is COc1cc(-c2[o+]c3cc(O)cc(O[C@@H]4O[C@H](CO)[C@@H](O)[C@H](O)[C@H]4O)c3cc2O[C@@H]2O[C@H](COC(=O)C=Cc3ccc(O)c(O[C@@H]4O[C@H](CO)[C@@H](O)[C@H](O)[C@H]4O)c3)[C@@H](O)[C@H](O)[C@H]2O)ccc1O. The highest BCUT2D eigenvalue weighted by Crippen LogP contribution is 2.43. The standard InChI is InChI=1S/C43H48O24/c1-59-24-9-17(4-6-20(24)47)40-26(12-19-22(61-40)10-18(46)11-23(19)62-41-37(56)34(53)31(50)27(13-44)65-41)64-43-39(58)36(55)33(52)29(67-43)15-60-30(49)7-3-16-2-5-21(48)25(8-16)63-42-38(57)35(54)32(51)28(14-45)66-42/h2-12,27-29,31-39,41-45,50-58H,13-15H2,1H3,(H2-,46,47,48,49)/p+1/t27-,28-,29-,31-,32-,33-,34+,35+,36+,37-,38-,39-,41-,42-,43-/m1/s1. The van der Waals surface area contributed by atoms with Crippen molar-refractivity contribution < 1.29 is 119 Å². The maximum atomic E-state index is 12.9. The molecule has 3 fully saturated rings. The molecule has 0 radical (unpaired) electrons. The Balaban J connectivity index is 1.11. The number of phenolic OH excluding ortho intramolecular Hbond substituents is 3. The molecular formula is C43H49O24+. The average molecular weight is 950 g/mol. The van der Waals surface area contributed by atoms with E-state index in [0.717, 1.165) is 12.1 Å². The zero-order chi connectivity index (χ0) is 48.4. The Morgan fingerprint density at radius 2 is 1.12 bits per heavy atom. The molecule has 0 amide bonds. The first-order valence-electron chi connectivity index (χ1n) is 20.4. The average Bonchev–Trinajstić information content (AvgIpc) is 3.31. The quantitative estimate of drug-likeness (QED) is 0.0348. The number of ether oxygens (including phenoxy) is 8. The summed E-state index contributed by atoms with van der Waals surface area (Å²) in [4.78, 5) is 12.9. The molecule has 24 heteroatoms. The minimum absolute atomic E-state index is 0.0106. The van der Waals surface area contributed by atoms with Crippen molar-refractivity contribution in [2.24, 2.45) is 0 Å². The molecule has 0 bridgehead atoms. The molecule has 14 N–H and O–H groups in total. The van der Waals surface area contributed by atoms with Crippen LogP contribution in [0.5, 0.6) is 40.2 Å². The van der Waals surface area contributed by atoms with Gasteiger partial charge in [-0.3, -0.25) is 0 Å². The van der Waals surface area contributed by atoms with E-state index in [1.807, 2.05) is 0 Å². The molecule has 0 unspecified atom stereocenters. The van der Waals surface area contributed by atoms with Gasteiger partial charge in [0.05, 0.1) is 32.0 Å². The number of aliphatic hydroxyl groups is 11. The van der Waals surface area contributed by atoms with Gasteiger partial charge in [0.25, 0.3) is 0 Å². The molecule has 0 spiro atoms. The molecule has 67 heavy (non-hydrogen) atoms. The van der Waals surface area contributed by atoms with Crippen molar-refractivity contribution in [3.05, 3.63) is 66.2 Å². The maximum absolute atomic E-state index is 12.9. The van der Waals surface area contributed by atoms with Crippen LogP contribution in [0, 0.1) is 0 Å². The first kappa shape index (κ1) is 49.2. The summed E-state index contributed by atoms with van der Waals surface area (Å²) in [7, 11) is 1.28. The second-order valence-corrected chi connectivity index (χ2v) is 15.6. The van der Waals surface area contributed by atoms with Crippen LogP contribution in [-0.2, 0) is 23.7 Å². The van der Waals surface area contributed by atoms with Gasteiger partial charge in [0.15, 0.2) is 23.0 Å². The molecule has 0 aliphatic carbocycles. The number of fused-ring (bicyclic) bond motifs is 1. The number of hydrogen-bond donors (Lipinski definition) is 14. The summed E-state index contributed by atoms with van der Waals surface area (Å²) in [5.74, 6) is -3.12. The number of aromatic hydroxyl groups is 3. The van der Waals surface area contributed by atoms with Crippen LogP contribution in [0.25, 0.3) is 28.4 Å². The van der Waals surface area contributed by atoms with Crippen LogP contribution in [0.1, 0.15) is 5.56 Å². The number of carbonyl (C=O) groups excluding carboxylic acids is 1. The van der Waals surface area contributed by atoms with Gasteiger partial charge in [-0.2, -0.15) is 0 Å².